The van der Waals surface area contributed by atoms with Crippen LogP contribution < -0.4 is 26.1 Å². The predicted octanol–water partition coefficient (Wildman–Crippen LogP) is 2.57. The van der Waals surface area contributed by atoms with Crippen molar-refractivity contribution in [1.82, 2.24) is 10.4 Å². The zero-order chi connectivity index (χ0) is 23.5. The molecule has 0 saturated carbocycles. The van der Waals surface area contributed by atoms with E-state index >= 15 is 0 Å². The molecule has 2 aliphatic rings. The lowest BCUT2D eigenvalue weighted by atomic mass is 9.98. The van der Waals surface area contributed by atoms with Crippen molar-refractivity contribution < 1.29 is 23.6 Å². The Morgan fingerprint density at radius 2 is 1.97 bits per heavy atom. The number of amidine groups is 1. The van der Waals surface area contributed by atoms with E-state index in [-0.39, 0.29) is 17.3 Å². The highest BCUT2D eigenvalue weighted by molar-refractivity contribution is 5.98. The first kappa shape index (κ1) is 21.8. The van der Waals surface area contributed by atoms with E-state index in [0.717, 1.165) is 10.6 Å². The molecular weight excluding hydrogens is 426 g/mol. The first-order valence-corrected chi connectivity index (χ1v) is 10.1. The van der Waals surface area contributed by atoms with Crippen LogP contribution in [0.4, 0.5) is 5.69 Å². The molecule has 1 aromatic heterocycles. The van der Waals surface area contributed by atoms with Gasteiger partial charge in [0.1, 0.15) is 6.04 Å². The molecule has 2 aromatic carbocycles. The number of amides is 2. The van der Waals surface area contributed by atoms with Gasteiger partial charge in [-0.05, 0) is 66.6 Å². The number of hydrazine groups is 1. The van der Waals surface area contributed by atoms with Crippen LogP contribution in [0.15, 0.2) is 64.4 Å². The number of nitrogens with zero attached hydrogens (tertiary/aromatic N) is 2. The number of nitrogens with two attached hydrogens (primary N) is 1. The summed E-state index contributed by atoms with van der Waals surface area (Å²) in [7, 11) is 2.97. The number of aryl methyl sites for hydroxylation is 1. The molecule has 2 aliphatic heterocycles. The predicted molar refractivity (Wildman–Crippen MR) is 121 cm³/mol. The molecule has 0 fully saturated rings. The van der Waals surface area contributed by atoms with E-state index in [4.69, 9.17) is 19.7 Å². The molecule has 10 heteroatoms. The van der Waals surface area contributed by atoms with E-state index in [1.807, 2.05) is 6.92 Å². The van der Waals surface area contributed by atoms with Crippen LogP contribution in [0.25, 0.3) is 0 Å². The highest BCUT2D eigenvalue weighted by Crippen LogP contribution is 2.35. The van der Waals surface area contributed by atoms with E-state index in [0.29, 0.717) is 22.6 Å². The third-order valence-electron chi connectivity index (χ3n) is 5.19. The largest absolute Gasteiger partial charge is 0.493 e. The summed E-state index contributed by atoms with van der Waals surface area (Å²) in [6, 6.07) is 12.7. The number of benzene rings is 2. The number of methoxy groups -OCH3 is 1. The smallest absolute Gasteiger partial charge is 0.305 e. The zero-order valence-electron chi connectivity index (χ0n) is 18.3. The van der Waals surface area contributed by atoms with Crippen LogP contribution in [0.1, 0.15) is 33.3 Å². The Morgan fingerprint density at radius 1 is 1.21 bits per heavy atom. The first-order chi connectivity index (χ1) is 15.9. The summed E-state index contributed by atoms with van der Waals surface area (Å²) in [5.41, 5.74) is 11.3. The summed E-state index contributed by atoms with van der Waals surface area (Å²) in [6.45, 7) is 1.84. The van der Waals surface area contributed by atoms with Crippen molar-refractivity contribution >= 4 is 23.3 Å². The molecule has 0 saturated heterocycles. The van der Waals surface area contributed by atoms with Crippen molar-refractivity contribution in [2.75, 3.05) is 19.5 Å². The van der Waals surface area contributed by atoms with Crippen LogP contribution >= 0.6 is 0 Å². The van der Waals surface area contributed by atoms with E-state index in [2.05, 4.69) is 15.9 Å². The molecule has 1 atom stereocenters. The number of anilines is 1. The van der Waals surface area contributed by atoms with E-state index in [1.165, 1.54) is 26.5 Å². The number of furan rings is 1. The maximum Gasteiger partial charge on any atom is 0.305 e. The third-order valence-corrected chi connectivity index (χ3v) is 5.19. The van der Waals surface area contributed by atoms with Crippen molar-refractivity contribution in [1.29, 1.82) is 0 Å². The Bertz CT molecular complexity index is 1200. The molecule has 170 valence electrons. The lowest BCUT2D eigenvalue weighted by molar-refractivity contribution is -0.133. The van der Waals surface area contributed by atoms with Crippen LogP contribution in [0.5, 0.6) is 11.5 Å². The number of oxime groups is 1. The summed E-state index contributed by atoms with van der Waals surface area (Å²) in [5.74, 6) is 0.0391. The average Bonchev–Trinajstić information content (AvgIpc) is 3.36. The quantitative estimate of drug-likeness (QED) is 0.524. The highest BCUT2D eigenvalue weighted by Gasteiger charge is 2.29. The molecule has 0 aliphatic carbocycles. The van der Waals surface area contributed by atoms with Crippen molar-refractivity contribution in [3.8, 4) is 11.5 Å². The molecular formula is C23H23N5O5. The maximum absolute atomic E-state index is 13.5. The molecule has 33 heavy (non-hydrogen) atoms. The Labute approximate surface area is 189 Å². The number of nitrogens with one attached hydrogen (secondary N) is 2. The number of rotatable bonds is 3. The van der Waals surface area contributed by atoms with Crippen LogP contribution in [0, 0.1) is 6.92 Å². The minimum absolute atomic E-state index is 0.0867. The van der Waals surface area contributed by atoms with Gasteiger partial charge in [0.25, 0.3) is 5.91 Å². The number of carbonyl (C=O) groups excluding carboxylic acids is 2. The highest BCUT2D eigenvalue weighted by atomic mass is 16.6. The zero-order valence-corrected chi connectivity index (χ0v) is 18.3. The van der Waals surface area contributed by atoms with Gasteiger partial charge in [-0.2, -0.15) is 0 Å². The van der Waals surface area contributed by atoms with E-state index in [1.54, 1.807) is 42.5 Å². The number of carbonyl (C=O) groups is 2. The monoisotopic (exact) mass is 449 g/mol. The SMILES string of the molecule is COc1cc(C)c2cc1ON=C(N)c1ccc(cc1)NC2C(=O)N(C)NC(=O)c1ccco1. The second-order valence-corrected chi connectivity index (χ2v) is 7.40. The second kappa shape index (κ2) is 8.95. The Hall–Kier alpha value is -4.47. The number of likely N-dealkylation sites (N-methyl/N-ethyl adjacent to an activating group) is 1. The Kier molecular flexibility index (Phi) is 5.90. The van der Waals surface area contributed by atoms with Gasteiger partial charge in [-0.3, -0.25) is 20.0 Å². The van der Waals surface area contributed by atoms with E-state index < -0.39 is 17.9 Å². The second-order valence-electron chi connectivity index (χ2n) is 7.40. The topological polar surface area (TPSA) is 131 Å². The fraction of sp³-hybridized carbons (Fsp3) is 0.174. The lowest BCUT2D eigenvalue weighted by Crippen LogP contribution is -2.46. The molecule has 2 amide bonds. The minimum atomic E-state index is -0.869. The molecule has 5 rings (SSSR count). The molecule has 10 nitrogen and oxygen atoms in total. The summed E-state index contributed by atoms with van der Waals surface area (Å²) >= 11 is 0. The van der Waals surface area contributed by atoms with Crippen molar-refractivity contribution in [3.63, 3.8) is 0 Å². The molecule has 4 bridgehead atoms. The summed E-state index contributed by atoms with van der Waals surface area (Å²) in [4.78, 5) is 31.4. The third kappa shape index (κ3) is 4.45. The van der Waals surface area contributed by atoms with Gasteiger partial charge in [-0.15, -0.1) is 0 Å². The number of ether oxygens (including phenoxy) is 1. The van der Waals surface area contributed by atoms with Crippen LogP contribution in [-0.4, -0.2) is 36.8 Å². The number of fused-ring (bicyclic) bond motifs is 4. The van der Waals surface area contributed by atoms with Gasteiger partial charge in [-0.1, -0.05) is 5.16 Å². The van der Waals surface area contributed by atoms with Gasteiger partial charge in [0.2, 0.25) is 0 Å². The Morgan fingerprint density at radius 3 is 2.64 bits per heavy atom. The summed E-state index contributed by atoms with van der Waals surface area (Å²) in [5, 5.41) is 8.35. The van der Waals surface area contributed by atoms with Gasteiger partial charge >= 0.3 is 5.91 Å². The standard InChI is InChI=1S/C23H23N5O5/c1-13-11-18(31-3)19-12-16(13)20(23(30)28(2)26-22(29)17-5-4-10-32-17)25-15-8-6-14(7-9-15)21(24)27-33-19/h4-12,20,25H,1-3H3,(H2,24,27)(H,26,29). The van der Waals surface area contributed by atoms with Crippen LogP contribution in [0.2, 0.25) is 0 Å². The van der Waals surface area contributed by atoms with Crippen molar-refractivity contribution in [2.45, 2.75) is 13.0 Å². The first-order valence-electron chi connectivity index (χ1n) is 10.1. The Balaban J connectivity index is 1.74. The van der Waals surface area contributed by atoms with Crippen molar-refractivity contribution in [3.05, 3.63) is 77.2 Å². The molecule has 1 unspecified atom stereocenters. The molecule has 0 radical (unpaired) electrons. The maximum atomic E-state index is 13.5. The van der Waals surface area contributed by atoms with Gasteiger partial charge in [0.15, 0.2) is 23.1 Å². The van der Waals surface area contributed by atoms with Gasteiger partial charge in [0, 0.05) is 18.3 Å². The molecule has 3 heterocycles. The lowest BCUT2D eigenvalue weighted by Gasteiger charge is -2.27. The van der Waals surface area contributed by atoms with Crippen molar-refractivity contribution in [2.24, 2.45) is 10.9 Å². The molecule has 4 N–H and O–H groups in total. The van der Waals surface area contributed by atoms with Gasteiger partial charge in [0.05, 0.1) is 13.4 Å². The van der Waals surface area contributed by atoms with E-state index in [9.17, 15) is 9.59 Å². The molecule has 3 aromatic rings. The fourth-order valence-corrected chi connectivity index (χ4v) is 3.41. The number of hydrogen-bond acceptors (Lipinski definition) is 8. The number of hydrogen-bond donors (Lipinski definition) is 3. The fourth-order valence-electron chi connectivity index (χ4n) is 3.41. The average molecular weight is 449 g/mol. The summed E-state index contributed by atoms with van der Waals surface area (Å²) in [6.07, 6.45) is 1.38. The summed E-state index contributed by atoms with van der Waals surface area (Å²) < 4.78 is 10.5. The minimum Gasteiger partial charge on any atom is -0.493 e. The molecule has 0 spiro atoms. The normalized spacial score (nSPS) is 14.6. The van der Waals surface area contributed by atoms with Gasteiger partial charge < -0.3 is 25.0 Å². The van der Waals surface area contributed by atoms with Crippen LogP contribution in [-0.2, 0) is 4.79 Å². The van der Waals surface area contributed by atoms with Crippen LogP contribution in [0.3, 0.4) is 0 Å². The van der Waals surface area contributed by atoms with Gasteiger partial charge in [-0.25, -0.2) is 0 Å².